The van der Waals surface area contributed by atoms with Crippen molar-refractivity contribution in [2.75, 3.05) is 17.7 Å². The summed E-state index contributed by atoms with van der Waals surface area (Å²) in [5, 5.41) is 16.0. The van der Waals surface area contributed by atoms with Crippen LogP contribution in [0.25, 0.3) is 0 Å². The van der Waals surface area contributed by atoms with E-state index in [4.69, 9.17) is 4.74 Å². The largest absolute Gasteiger partial charge is 0.449 e. The molecule has 27 heavy (non-hydrogen) atoms. The predicted molar refractivity (Wildman–Crippen MR) is 100 cm³/mol. The zero-order chi connectivity index (χ0) is 20.1. The minimum Gasteiger partial charge on any atom is -0.449 e. The van der Waals surface area contributed by atoms with E-state index in [9.17, 15) is 24.1 Å². The Morgan fingerprint density at radius 1 is 1.22 bits per heavy atom. The van der Waals surface area contributed by atoms with Gasteiger partial charge in [0.05, 0.1) is 16.2 Å². The summed E-state index contributed by atoms with van der Waals surface area (Å²) >= 11 is 3.10. The highest BCUT2D eigenvalue weighted by Gasteiger charge is 2.22. The fourth-order valence-electron chi connectivity index (χ4n) is 2.13. The molecular formula is C17H15BrFN3O5. The molecule has 0 spiro atoms. The van der Waals surface area contributed by atoms with Crippen LogP contribution >= 0.6 is 15.9 Å². The number of ether oxygens (including phenoxy) is 1. The summed E-state index contributed by atoms with van der Waals surface area (Å²) in [6.07, 6.45) is -1.25. The third-order valence-electron chi connectivity index (χ3n) is 3.54. The molecule has 2 rings (SSSR count). The number of esters is 1. The first kappa shape index (κ1) is 20.3. The monoisotopic (exact) mass is 439 g/mol. The van der Waals surface area contributed by atoms with Gasteiger partial charge < -0.3 is 15.4 Å². The van der Waals surface area contributed by atoms with E-state index in [0.717, 1.165) is 6.07 Å². The lowest BCUT2D eigenvalue weighted by Gasteiger charge is -2.14. The molecule has 1 amide bonds. The predicted octanol–water partition coefficient (Wildman–Crippen LogP) is 3.72. The average molecular weight is 440 g/mol. The molecule has 0 radical (unpaired) electrons. The number of nitro benzene ring substituents is 1. The van der Waals surface area contributed by atoms with Gasteiger partial charge in [-0.05, 0) is 37.3 Å². The smallest absolute Gasteiger partial charge is 0.339 e. The Bertz CT molecular complexity index is 906. The van der Waals surface area contributed by atoms with Crippen LogP contribution in [0.4, 0.5) is 21.5 Å². The van der Waals surface area contributed by atoms with Gasteiger partial charge in [-0.2, -0.15) is 0 Å². The van der Waals surface area contributed by atoms with Crippen LogP contribution < -0.4 is 10.6 Å². The Morgan fingerprint density at radius 3 is 2.48 bits per heavy atom. The quantitative estimate of drug-likeness (QED) is 0.403. The van der Waals surface area contributed by atoms with Crippen molar-refractivity contribution in [1.29, 1.82) is 0 Å². The third-order valence-corrected chi connectivity index (χ3v) is 4.03. The van der Waals surface area contributed by atoms with Gasteiger partial charge in [0.2, 0.25) is 0 Å². The van der Waals surface area contributed by atoms with Gasteiger partial charge in [0, 0.05) is 17.6 Å². The molecule has 1 unspecified atom stereocenters. The molecule has 0 aliphatic heterocycles. The fourth-order valence-corrected chi connectivity index (χ4v) is 2.46. The van der Waals surface area contributed by atoms with Gasteiger partial charge >= 0.3 is 5.97 Å². The molecule has 8 nitrogen and oxygen atoms in total. The maximum Gasteiger partial charge on any atom is 0.339 e. The number of hydrogen-bond acceptors (Lipinski definition) is 6. The van der Waals surface area contributed by atoms with Gasteiger partial charge in [0.15, 0.2) is 6.10 Å². The SMILES string of the molecule is CNc1ccc(C(=O)OC(C)C(=O)Nc2ccc(Br)cc2F)cc1[N+](=O)[O-]. The maximum atomic E-state index is 13.8. The summed E-state index contributed by atoms with van der Waals surface area (Å²) < 4.78 is 19.3. The number of amides is 1. The normalized spacial score (nSPS) is 11.4. The highest BCUT2D eigenvalue weighted by atomic mass is 79.9. The molecule has 0 aliphatic rings. The van der Waals surface area contributed by atoms with E-state index in [1.54, 1.807) is 0 Å². The van der Waals surface area contributed by atoms with Crippen LogP contribution in [0.2, 0.25) is 0 Å². The second kappa shape index (κ2) is 8.58. The number of anilines is 2. The standard InChI is InChI=1S/C17H15BrFN3O5/c1-9(16(23)21-13-6-4-11(18)8-12(13)19)27-17(24)10-3-5-14(20-2)15(7-10)22(25)26/h3-9,20H,1-2H3,(H,21,23). The second-order valence-electron chi connectivity index (χ2n) is 5.40. The summed E-state index contributed by atoms with van der Waals surface area (Å²) in [5.41, 5.74) is -0.232. The molecule has 2 aromatic carbocycles. The zero-order valence-corrected chi connectivity index (χ0v) is 15.9. The van der Waals surface area contributed by atoms with Crippen molar-refractivity contribution in [3.63, 3.8) is 0 Å². The molecule has 0 saturated heterocycles. The zero-order valence-electron chi connectivity index (χ0n) is 14.3. The van der Waals surface area contributed by atoms with Crippen molar-refractivity contribution in [3.8, 4) is 0 Å². The molecule has 0 bridgehead atoms. The molecule has 2 aromatic rings. The first-order valence-corrected chi connectivity index (χ1v) is 8.45. The number of nitrogens with zero attached hydrogens (tertiary/aromatic N) is 1. The van der Waals surface area contributed by atoms with Crippen LogP contribution in [0.3, 0.4) is 0 Å². The molecule has 0 aliphatic carbocycles. The Kier molecular flexibility index (Phi) is 6.45. The van der Waals surface area contributed by atoms with Gasteiger partial charge in [-0.15, -0.1) is 0 Å². The second-order valence-corrected chi connectivity index (χ2v) is 6.32. The van der Waals surface area contributed by atoms with Gasteiger partial charge in [0.25, 0.3) is 11.6 Å². The number of nitrogens with one attached hydrogen (secondary N) is 2. The van der Waals surface area contributed by atoms with E-state index < -0.39 is 28.7 Å². The van der Waals surface area contributed by atoms with E-state index in [0.29, 0.717) is 4.47 Å². The third kappa shape index (κ3) is 5.00. The van der Waals surface area contributed by atoms with E-state index >= 15 is 0 Å². The number of halogens is 2. The molecular weight excluding hydrogens is 425 g/mol. The van der Waals surface area contributed by atoms with Crippen molar-refractivity contribution < 1.29 is 23.6 Å². The van der Waals surface area contributed by atoms with Crippen molar-refractivity contribution >= 4 is 44.9 Å². The number of carbonyl (C=O) groups is 2. The van der Waals surface area contributed by atoms with E-state index in [-0.39, 0.29) is 22.6 Å². The van der Waals surface area contributed by atoms with Crippen LogP contribution in [0.15, 0.2) is 40.9 Å². The van der Waals surface area contributed by atoms with Crippen molar-refractivity contribution in [2.24, 2.45) is 0 Å². The summed E-state index contributed by atoms with van der Waals surface area (Å²) in [5.74, 6) is -2.32. The van der Waals surface area contributed by atoms with Gasteiger partial charge in [-0.3, -0.25) is 14.9 Å². The first-order chi connectivity index (χ1) is 12.7. The van der Waals surface area contributed by atoms with E-state index in [2.05, 4.69) is 26.6 Å². The minimum absolute atomic E-state index is 0.0693. The first-order valence-electron chi connectivity index (χ1n) is 7.66. The molecule has 2 N–H and O–H groups in total. The summed E-state index contributed by atoms with van der Waals surface area (Å²) in [6.45, 7) is 1.31. The average Bonchev–Trinajstić information content (AvgIpc) is 2.63. The van der Waals surface area contributed by atoms with Crippen molar-refractivity contribution in [3.05, 3.63) is 62.4 Å². The molecule has 0 heterocycles. The topological polar surface area (TPSA) is 111 Å². The van der Waals surface area contributed by atoms with Gasteiger partial charge in [0.1, 0.15) is 11.5 Å². The summed E-state index contributed by atoms with van der Waals surface area (Å²) in [7, 11) is 1.51. The lowest BCUT2D eigenvalue weighted by molar-refractivity contribution is -0.384. The van der Waals surface area contributed by atoms with E-state index in [1.165, 1.54) is 44.3 Å². The van der Waals surface area contributed by atoms with Crippen molar-refractivity contribution in [2.45, 2.75) is 13.0 Å². The number of hydrogen-bond donors (Lipinski definition) is 2. The Morgan fingerprint density at radius 2 is 1.89 bits per heavy atom. The lowest BCUT2D eigenvalue weighted by Crippen LogP contribution is -2.30. The number of rotatable bonds is 6. The summed E-state index contributed by atoms with van der Waals surface area (Å²) in [4.78, 5) is 34.7. The van der Waals surface area contributed by atoms with Crippen LogP contribution in [-0.4, -0.2) is 30.0 Å². The lowest BCUT2D eigenvalue weighted by atomic mass is 10.1. The molecule has 1 atom stereocenters. The molecule has 0 fully saturated rings. The molecule has 0 aromatic heterocycles. The summed E-state index contributed by atoms with van der Waals surface area (Å²) in [6, 6.07) is 7.81. The van der Waals surface area contributed by atoms with Gasteiger partial charge in [-0.1, -0.05) is 15.9 Å². The van der Waals surface area contributed by atoms with Crippen LogP contribution in [-0.2, 0) is 9.53 Å². The number of carbonyl (C=O) groups excluding carboxylic acids is 2. The fraction of sp³-hybridized carbons (Fsp3) is 0.176. The Hall–Kier alpha value is -3.01. The Labute approximate surface area is 162 Å². The van der Waals surface area contributed by atoms with Gasteiger partial charge in [-0.25, -0.2) is 9.18 Å². The molecule has 10 heteroatoms. The van der Waals surface area contributed by atoms with Crippen LogP contribution in [0.5, 0.6) is 0 Å². The minimum atomic E-state index is -1.25. The highest BCUT2D eigenvalue weighted by molar-refractivity contribution is 9.10. The van der Waals surface area contributed by atoms with Crippen LogP contribution in [0.1, 0.15) is 17.3 Å². The maximum absolute atomic E-state index is 13.8. The number of nitro groups is 1. The highest BCUT2D eigenvalue weighted by Crippen LogP contribution is 2.25. The Balaban J connectivity index is 2.09. The molecule has 142 valence electrons. The van der Waals surface area contributed by atoms with Crippen molar-refractivity contribution in [1.82, 2.24) is 0 Å². The van der Waals surface area contributed by atoms with E-state index in [1.807, 2.05) is 0 Å². The number of benzene rings is 2. The van der Waals surface area contributed by atoms with Crippen LogP contribution in [0, 0.1) is 15.9 Å². The molecule has 0 saturated carbocycles.